The van der Waals surface area contributed by atoms with Crippen molar-refractivity contribution in [2.24, 2.45) is 7.05 Å². The van der Waals surface area contributed by atoms with Gasteiger partial charge in [-0.2, -0.15) is 5.10 Å². The Hall–Kier alpha value is -2.37. The maximum Gasteiger partial charge on any atom is 0.337 e. The van der Waals surface area contributed by atoms with E-state index in [1.165, 1.54) is 16.9 Å². The molecule has 0 saturated heterocycles. The van der Waals surface area contributed by atoms with E-state index < -0.39 is 11.8 Å². The Morgan fingerprint density at radius 1 is 1.53 bits per heavy atom. The van der Waals surface area contributed by atoms with Gasteiger partial charge < -0.3 is 10.8 Å². The van der Waals surface area contributed by atoms with Crippen LogP contribution in [0, 0.1) is 5.82 Å². The normalized spacial score (nSPS) is 10.5. The molecule has 6 heteroatoms. The lowest BCUT2D eigenvalue weighted by atomic mass is 10.0. The van der Waals surface area contributed by atoms with E-state index in [1.54, 1.807) is 13.2 Å². The van der Waals surface area contributed by atoms with Gasteiger partial charge in [-0.25, -0.2) is 9.18 Å². The number of aromatic carboxylic acids is 1. The van der Waals surface area contributed by atoms with Gasteiger partial charge in [0.25, 0.3) is 0 Å². The molecule has 0 aliphatic rings. The molecule has 5 nitrogen and oxygen atoms in total. The Morgan fingerprint density at radius 2 is 2.24 bits per heavy atom. The maximum absolute atomic E-state index is 13.7. The molecule has 1 heterocycles. The number of carboxylic acids is 1. The molecule has 0 saturated carbocycles. The molecule has 1 aromatic heterocycles. The predicted molar refractivity (Wildman–Crippen MR) is 60.0 cm³/mol. The van der Waals surface area contributed by atoms with E-state index in [1.807, 2.05) is 0 Å². The van der Waals surface area contributed by atoms with Crippen LogP contribution in [0.1, 0.15) is 10.4 Å². The molecule has 17 heavy (non-hydrogen) atoms. The molecule has 88 valence electrons. The molecule has 2 rings (SSSR count). The predicted octanol–water partition coefficient (Wildman–Crippen LogP) is 1.51. The number of aryl methyl sites for hydroxylation is 1. The van der Waals surface area contributed by atoms with Gasteiger partial charge >= 0.3 is 5.97 Å². The van der Waals surface area contributed by atoms with Crippen molar-refractivity contribution in [1.29, 1.82) is 0 Å². The summed E-state index contributed by atoms with van der Waals surface area (Å²) < 4.78 is 15.2. The van der Waals surface area contributed by atoms with E-state index in [2.05, 4.69) is 5.10 Å². The molecule has 1 aromatic carbocycles. The summed E-state index contributed by atoms with van der Waals surface area (Å²) in [7, 11) is 1.69. The number of hydrogen-bond acceptors (Lipinski definition) is 3. The average Bonchev–Trinajstić information content (AvgIpc) is 2.64. The first-order valence-corrected chi connectivity index (χ1v) is 4.80. The van der Waals surface area contributed by atoms with Gasteiger partial charge in [0.05, 0.1) is 11.8 Å². The smallest absolute Gasteiger partial charge is 0.337 e. The Morgan fingerprint density at radius 3 is 2.76 bits per heavy atom. The van der Waals surface area contributed by atoms with Crippen LogP contribution in [0.25, 0.3) is 11.1 Å². The van der Waals surface area contributed by atoms with Crippen LogP contribution >= 0.6 is 0 Å². The van der Waals surface area contributed by atoms with Gasteiger partial charge in [0.1, 0.15) is 5.82 Å². The Kier molecular flexibility index (Phi) is 2.55. The fraction of sp³-hybridized carbons (Fsp3) is 0.0909. The lowest BCUT2D eigenvalue weighted by Crippen LogP contribution is -2.03. The molecular weight excluding hydrogens is 225 g/mol. The Labute approximate surface area is 96.3 Å². The second kappa shape index (κ2) is 3.89. The SMILES string of the molecule is Cn1cc(-c2cc(C(=O)O)c(N)cc2F)cn1. The number of rotatable bonds is 2. The van der Waals surface area contributed by atoms with Crippen LogP contribution in [0.5, 0.6) is 0 Å². The highest BCUT2D eigenvalue weighted by atomic mass is 19.1. The number of nitrogen functional groups attached to an aromatic ring is 1. The van der Waals surface area contributed by atoms with Gasteiger partial charge in [-0.3, -0.25) is 4.68 Å². The van der Waals surface area contributed by atoms with Crippen molar-refractivity contribution in [1.82, 2.24) is 9.78 Å². The fourth-order valence-corrected chi connectivity index (χ4v) is 1.56. The number of aromatic nitrogens is 2. The number of nitrogens with zero attached hydrogens (tertiary/aromatic N) is 2. The average molecular weight is 235 g/mol. The van der Waals surface area contributed by atoms with Gasteiger partial charge in [-0.1, -0.05) is 0 Å². The third-order valence-electron chi connectivity index (χ3n) is 2.39. The van der Waals surface area contributed by atoms with Crippen molar-refractivity contribution in [2.45, 2.75) is 0 Å². The molecule has 0 amide bonds. The van der Waals surface area contributed by atoms with Gasteiger partial charge in [-0.05, 0) is 12.1 Å². The zero-order chi connectivity index (χ0) is 12.6. The monoisotopic (exact) mass is 235 g/mol. The Bertz CT molecular complexity index is 592. The highest BCUT2D eigenvalue weighted by Crippen LogP contribution is 2.26. The number of halogens is 1. The van der Waals surface area contributed by atoms with Crippen molar-refractivity contribution >= 4 is 11.7 Å². The first-order valence-electron chi connectivity index (χ1n) is 4.80. The second-order valence-corrected chi connectivity index (χ2v) is 3.63. The van der Waals surface area contributed by atoms with Gasteiger partial charge in [0.2, 0.25) is 0 Å². The number of nitrogens with two attached hydrogens (primary N) is 1. The van der Waals surface area contributed by atoms with E-state index in [4.69, 9.17) is 10.8 Å². The first-order chi connectivity index (χ1) is 7.99. The van der Waals surface area contributed by atoms with Gasteiger partial charge in [-0.15, -0.1) is 0 Å². The lowest BCUT2D eigenvalue weighted by molar-refractivity contribution is 0.0698. The van der Waals surface area contributed by atoms with Crippen LogP contribution in [0.3, 0.4) is 0 Å². The van der Waals surface area contributed by atoms with Gasteiger partial charge in [0.15, 0.2) is 0 Å². The van der Waals surface area contributed by atoms with E-state index >= 15 is 0 Å². The summed E-state index contributed by atoms with van der Waals surface area (Å²) in [5.74, 6) is -1.76. The van der Waals surface area contributed by atoms with Gasteiger partial charge in [0, 0.05) is 30.1 Å². The van der Waals surface area contributed by atoms with E-state index in [9.17, 15) is 9.18 Å². The molecule has 0 radical (unpaired) electrons. The fourth-order valence-electron chi connectivity index (χ4n) is 1.56. The minimum absolute atomic E-state index is 0.0948. The summed E-state index contributed by atoms with van der Waals surface area (Å²) in [6.07, 6.45) is 3.06. The van der Waals surface area contributed by atoms with Crippen molar-refractivity contribution < 1.29 is 14.3 Å². The molecule has 0 fully saturated rings. The summed E-state index contributed by atoms with van der Waals surface area (Å²) in [5.41, 5.74) is 5.90. The molecule has 2 aromatic rings. The topological polar surface area (TPSA) is 81.1 Å². The standard InChI is InChI=1S/C11H10FN3O2/c1-15-5-6(4-14-15)7-2-8(11(16)17)10(13)3-9(7)12/h2-5H,13H2,1H3,(H,16,17). The van der Waals surface area contributed by atoms with Crippen molar-refractivity contribution in [3.63, 3.8) is 0 Å². The van der Waals surface area contributed by atoms with Crippen LogP contribution in [-0.2, 0) is 7.05 Å². The zero-order valence-electron chi connectivity index (χ0n) is 9.01. The molecular formula is C11H10FN3O2. The maximum atomic E-state index is 13.7. The van der Waals surface area contributed by atoms with Crippen LogP contribution in [0.15, 0.2) is 24.5 Å². The van der Waals surface area contributed by atoms with Crippen molar-refractivity contribution in [3.8, 4) is 11.1 Å². The number of anilines is 1. The van der Waals surface area contributed by atoms with E-state index in [0.717, 1.165) is 6.07 Å². The summed E-state index contributed by atoms with van der Waals surface area (Å²) in [6, 6.07) is 2.22. The van der Waals surface area contributed by atoms with Crippen LogP contribution in [-0.4, -0.2) is 20.9 Å². The van der Waals surface area contributed by atoms with Crippen molar-refractivity contribution in [3.05, 3.63) is 35.9 Å². The minimum atomic E-state index is -1.19. The summed E-state index contributed by atoms with van der Waals surface area (Å²) in [6.45, 7) is 0. The lowest BCUT2D eigenvalue weighted by Gasteiger charge is -2.05. The number of hydrogen-bond donors (Lipinski definition) is 2. The summed E-state index contributed by atoms with van der Waals surface area (Å²) in [5, 5.41) is 12.8. The third-order valence-corrected chi connectivity index (χ3v) is 2.39. The third kappa shape index (κ3) is 1.96. The highest BCUT2D eigenvalue weighted by molar-refractivity contribution is 5.95. The largest absolute Gasteiger partial charge is 0.478 e. The summed E-state index contributed by atoms with van der Waals surface area (Å²) >= 11 is 0. The van der Waals surface area contributed by atoms with Crippen molar-refractivity contribution in [2.75, 3.05) is 5.73 Å². The molecule has 3 N–H and O–H groups in total. The minimum Gasteiger partial charge on any atom is -0.478 e. The van der Waals surface area contributed by atoms with Crippen LogP contribution in [0.2, 0.25) is 0 Å². The highest BCUT2D eigenvalue weighted by Gasteiger charge is 2.15. The molecule has 0 bridgehead atoms. The second-order valence-electron chi connectivity index (χ2n) is 3.63. The molecule has 0 aliphatic carbocycles. The molecule has 0 atom stereocenters. The van der Waals surface area contributed by atoms with E-state index in [0.29, 0.717) is 5.56 Å². The number of carbonyl (C=O) groups is 1. The zero-order valence-corrected chi connectivity index (χ0v) is 9.01. The van der Waals surface area contributed by atoms with Crippen LogP contribution in [0.4, 0.5) is 10.1 Å². The molecule has 0 spiro atoms. The number of carboxylic acid groups (broad SMARTS) is 1. The first kappa shape index (κ1) is 11.1. The summed E-state index contributed by atoms with van der Waals surface area (Å²) in [4.78, 5) is 10.9. The van der Waals surface area contributed by atoms with Crippen LogP contribution < -0.4 is 5.73 Å². The number of benzene rings is 1. The molecule has 0 unspecified atom stereocenters. The molecule has 0 aliphatic heterocycles. The quantitative estimate of drug-likeness (QED) is 0.773. The van der Waals surface area contributed by atoms with E-state index in [-0.39, 0.29) is 16.8 Å². The Balaban J connectivity index is 2.62.